The van der Waals surface area contributed by atoms with Crippen molar-refractivity contribution in [1.82, 2.24) is 4.98 Å². The van der Waals surface area contributed by atoms with Gasteiger partial charge in [0.25, 0.3) is 0 Å². The maximum Gasteiger partial charge on any atom is 0.311 e. The Labute approximate surface area is 91.1 Å². The lowest BCUT2D eigenvalue weighted by Crippen LogP contribution is -2.03. The first-order chi connectivity index (χ1) is 7.77. The monoisotopic (exact) mass is 219 g/mol. The highest BCUT2D eigenvalue weighted by molar-refractivity contribution is 5.54. The van der Waals surface area contributed by atoms with Crippen LogP contribution < -0.4 is 5.32 Å². The predicted molar refractivity (Wildman–Crippen MR) is 56.9 cm³/mol. The Balaban J connectivity index is 2.12. The molecule has 0 saturated heterocycles. The fraction of sp³-hybridized carbons (Fsp3) is 0.100. The lowest BCUT2D eigenvalue weighted by Gasteiger charge is -2.03. The molecule has 2 aromatic rings. The van der Waals surface area contributed by atoms with E-state index in [1.54, 1.807) is 18.4 Å². The van der Waals surface area contributed by atoms with Gasteiger partial charge in [0.1, 0.15) is 5.76 Å². The van der Waals surface area contributed by atoms with Crippen LogP contribution >= 0.6 is 0 Å². The van der Waals surface area contributed by atoms with E-state index < -0.39 is 4.92 Å². The van der Waals surface area contributed by atoms with Gasteiger partial charge in [-0.25, -0.2) is 4.98 Å². The van der Waals surface area contributed by atoms with E-state index in [2.05, 4.69) is 10.3 Å². The molecule has 0 aliphatic heterocycles. The molecule has 1 N–H and O–H groups in total. The number of pyridine rings is 1. The Hall–Kier alpha value is -2.37. The van der Waals surface area contributed by atoms with Crippen LogP contribution in [-0.2, 0) is 6.54 Å². The first kappa shape index (κ1) is 10.2. The summed E-state index contributed by atoms with van der Waals surface area (Å²) in [4.78, 5) is 14.1. The van der Waals surface area contributed by atoms with E-state index in [1.165, 1.54) is 18.3 Å². The molecule has 0 aliphatic rings. The molecule has 0 saturated carbocycles. The van der Waals surface area contributed by atoms with Gasteiger partial charge in [0.05, 0.1) is 17.7 Å². The zero-order valence-corrected chi connectivity index (χ0v) is 8.29. The van der Waals surface area contributed by atoms with Gasteiger partial charge in [-0.2, -0.15) is 0 Å². The van der Waals surface area contributed by atoms with Crippen molar-refractivity contribution in [2.45, 2.75) is 6.54 Å². The second-order valence-electron chi connectivity index (χ2n) is 3.06. The lowest BCUT2D eigenvalue weighted by molar-refractivity contribution is -0.384. The van der Waals surface area contributed by atoms with Gasteiger partial charge >= 0.3 is 5.69 Å². The third kappa shape index (κ3) is 2.17. The van der Waals surface area contributed by atoms with Crippen molar-refractivity contribution in [1.29, 1.82) is 0 Å². The van der Waals surface area contributed by atoms with Crippen molar-refractivity contribution in [2.24, 2.45) is 0 Å². The van der Waals surface area contributed by atoms with Crippen molar-refractivity contribution in [2.75, 3.05) is 5.32 Å². The van der Waals surface area contributed by atoms with E-state index in [4.69, 9.17) is 4.42 Å². The van der Waals surface area contributed by atoms with Gasteiger partial charge in [0.15, 0.2) is 0 Å². The largest absolute Gasteiger partial charge is 0.467 e. The molecule has 0 unspecified atom stereocenters. The van der Waals surface area contributed by atoms with Crippen LogP contribution in [-0.4, -0.2) is 9.91 Å². The highest BCUT2D eigenvalue weighted by atomic mass is 16.6. The van der Waals surface area contributed by atoms with Crippen molar-refractivity contribution in [3.05, 3.63) is 52.6 Å². The van der Waals surface area contributed by atoms with E-state index in [0.717, 1.165) is 0 Å². The van der Waals surface area contributed by atoms with Crippen molar-refractivity contribution < 1.29 is 9.34 Å². The summed E-state index contributed by atoms with van der Waals surface area (Å²) in [5, 5.41) is 13.5. The van der Waals surface area contributed by atoms with Gasteiger partial charge in [0.2, 0.25) is 5.82 Å². The van der Waals surface area contributed by atoms with E-state index in [-0.39, 0.29) is 11.5 Å². The highest BCUT2D eigenvalue weighted by Crippen LogP contribution is 2.20. The number of nitrogens with one attached hydrogen (secondary N) is 1. The molecular weight excluding hydrogens is 210 g/mol. The maximum absolute atomic E-state index is 10.7. The second kappa shape index (κ2) is 4.43. The molecule has 82 valence electrons. The summed E-state index contributed by atoms with van der Waals surface area (Å²) >= 11 is 0. The number of hydrogen-bond donors (Lipinski definition) is 1. The second-order valence-corrected chi connectivity index (χ2v) is 3.06. The van der Waals surface area contributed by atoms with Crippen LogP contribution in [0.15, 0.2) is 41.1 Å². The van der Waals surface area contributed by atoms with Crippen LogP contribution in [0, 0.1) is 10.1 Å². The fourth-order valence-corrected chi connectivity index (χ4v) is 1.26. The molecule has 0 radical (unpaired) electrons. The Morgan fingerprint density at radius 1 is 1.44 bits per heavy atom. The van der Waals surface area contributed by atoms with E-state index in [1.807, 2.05) is 0 Å². The van der Waals surface area contributed by atoms with Crippen molar-refractivity contribution >= 4 is 11.5 Å². The molecule has 6 heteroatoms. The normalized spacial score (nSPS) is 10.0. The van der Waals surface area contributed by atoms with Crippen LogP contribution in [0.5, 0.6) is 0 Å². The topological polar surface area (TPSA) is 81.2 Å². The minimum atomic E-state index is -0.475. The van der Waals surface area contributed by atoms with Crippen LogP contribution in [0.4, 0.5) is 11.5 Å². The fourth-order valence-electron chi connectivity index (χ4n) is 1.26. The minimum Gasteiger partial charge on any atom is -0.467 e. The van der Waals surface area contributed by atoms with E-state index in [0.29, 0.717) is 12.3 Å². The van der Waals surface area contributed by atoms with Crippen molar-refractivity contribution in [3.63, 3.8) is 0 Å². The summed E-state index contributed by atoms with van der Waals surface area (Å²) in [5.74, 6) is 0.934. The molecule has 0 bridgehead atoms. The molecule has 0 aliphatic carbocycles. The summed E-state index contributed by atoms with van der Waals surface area (Å²) in [5.41, 5.74) is -0.0472. The standard InChI is InChI=1S/C10H9N3O3/c14-13(15)9-4-1-5-11-10(9)12-7-8-3-2-6-16-8/h1-6H,7H2,(H,11,12). The van der Waals surface area contributed by atoms with Crippen LogP contribution in [0.1, 0.15) is 5.76 Å². The maximum atomic E-state index is 10.7. The van der Waals surface area contributed by atoms with Crippen LogP contribution in [0.3, 0.4) is 0 Å². The summed E-state index contributed by atoms with van der Waals surface area (Å²) < 4.78 is 5.10. The Morgan fingerprint density at radius 2 is 2.31 bits per heavy atom. The molecule has 2 heterocycles. The number of nitrogens with zero attached hydrogens (tertiary/aromatic N) is 2. The number of rotatable bonds is 4. The summed E-state index contributed by atoms with van der Waals surface area (Å²) in [6.07, 6.45) is 3.04. The van der Waals surface area contributed by atoms with Crippen LogP contribution in [0.25, 0.3) is 0 Å². The summed E-state index contributed by atoms with van der Waals surface area (Å²) in [6.45, 7) is 0.366. The molecule has 2 rings (SSSR count). The van der Waals surface area contributed by atoms with Gasteiger partial charge in [-0.3, -0.25) is 10.1 Å². The van der Waals surface area contributed by atoms with E-state index >= 15 is 0 Å². The van der Waals surface area contributed by atoms with Gasteiger partial charge in [-0.1, -0.05) is 0 Å². The third-order valence-corrected chi connectivity index (χ3v) is 1.99. The van der Waals surface area contributed by atoms with Gasteiger partial charge in [0, 0.05) is 12.3 Å². The molecule has 6 nitrogen and oxygen atoms in total. The van der Waals surface area contributed by atoms with Gasteiger partial charge < -0.3 is 9.73 Å². The molecule has 0 atom stereocenters. The summed E-state index contributed by atoms with van der Waals surface area (Å²) in [7, 11) is 0. The Bertz CT molecular complexity index is 482. The predicted octanol–water partition coefficient (Wildman–Crippen LogP) is 2.19. The first-order valence-electron chi connectivity index (χ1n) is 4.63. The van der Waals surface area contributed by atoms with E-state index in [9.17, 15) is 10.1 Å². The minimum absolute atomic E-state index is 0.0472. The smallest absolute Gasteiger partial charge is 0.311 e. The average Bonchev–Trinajstić information content (AvgIpc) is 2.79. The lowest BCUT2D eigenvalue weighted by atomic mass is 10.3. The SMILES string of the molecule is O=[N+]([O-])c1cccnc1NCc1ccco1. The number of hydrogen-bond acceptors (Lipinski definition) is 5. The Kier molecular flexibility index (Phi) is 2.81. The molecule has 0 aromatic carbocycles. The molecule has 0 spiro atoms. The van der Waals surface area contributed by atoms with Crippen molar-refractivity contribution in [3.8, 4) is 0 Å². The third-order valence-electron chi connectivity index (χ3n) is 1.99. The molecule has 0 fully saturated rings. The number of furan rings is 1. The highest BCUT2D eigenvalue weighted by Gasteiger charge is 2.13. The Morgan fingerprint density at radius 3 is 3.00 bits per heavy atom. The number of anilines is 1. The number of nitro groups is 1. The molecule has 2 aromatic heterocycles. The van der Waals surface area contributed by atoms with Gasteiger partial charge in [-0.15, -0.1) is 0 Å². The zero-order chi connectivity index (χ0) is 11.4. The molecular formula is C10H9N3O3. The quantitative estimate of drug-likeness (QED) is 0.629. The van der Waals surface area contributed by atoms with Gasteiger partial charge in [-0.05, 0) is 18.2 Å². The van der Waals surface area contributed by atoms with Crippen LogP contribution in [0.2, 0.25) is 0 Å². The zero-order valence-electron chi connectivity index (χ0n) is 8.29. The number of aromatic nitrogens is 1. The first-order valence-corrected chi connectivity index (χ1v) is 4.63. The summed E-state index contributed by atoms with van der Waals surface area (Å²) in [6, 6.07) is 6.46. The molecule has 16 heavy (non-hydrogen) atoms. The average molecular weight is 219 g/mol. The molecule has 0 amide bonds.